The van der Waals surface area contributed by atoms with Crippen molar-refractivity contribution in [3.63, 3.8) is 0 Å². The van der Waals surface area contributed by atoms with Gasteiger partial charge in [-0.05, 0) is 92.2 Å². The molecule has 0 atom stereocenters. The van der Waals surface area contributed by atoms with Crippen molar-refractivity contribution < 1.29 is 0 Å². The smallest absolute Gasteiger partial charge is 0.0993 e. The Labute approximate surface area is 286 Å². The van der Waals surface area contributed by atoms with E-state index in [0.717, 1.165) is 66.1 Å². The molecule has 0 fully saturated rings. The summed E-state index contributed by atoms with van der Waals surface area (Å²) in [5.74, 6) is 0. The molecule has 0 amide bonds. The maximum Gasteiger partial charge on any atom is 0.0993 e. The van der Waals surface area contributed by atoms with E-state index in [1.807, 2.05) is 95.8 Å². The van der Waals surface area contributed by atoms with Gasteiger partial charge in [0.05, 0.1) is 91.6 Å². The highest BCUT2D eigenvalue weighted by Gasteiger charge is 2.24. The van der Waals surface area contributed by atoms with E-state index in [9.17, 15) is 26.3 Å². The van der Waals surface area contributed by atoms with Crippen molar-refractivity contribution in [2.24, 2.45) is 0 Å². The van der Waals surface area contributed by atoms with Crippen LogP contribution in [0.3, 0.4) is 0 Å². The number of benzene rings is 5. The topological polar surface area (TPSA) is 142 Å². The number of nitriles is 5. The number of hydrogen-bond donors (Lipinski definition) is 0. The van der Waals surface area contributed by atoms with Crippen LogP contribution in [0.4, 0.5) is 0 Å². The fraction of sp³-hybridized carbons (Fsp3) is 0.0476. The number of fused-ring (bicyclic) bond motifs is 6. The highest BCUT2D eigenvalue weighted by atomic mass is 15.0. The standard InChI is InChI=1S/C42H22N8/c1-24-11-31(12-25(2)48-24)42-40(49-36-13-26(19-43)3-7-32(36)33-8-4-27(20-44)14-37(33)49)17-30(23-47)18-41(42)50-38-15-28(21-45)5-9-34(38)35-10-6-29(22-46)16-39(35)50/h3-18H,1-2H3. The molecular weight excluding hydrogens is 617 g/mol. The van der Waals surface area contributed by atoms with Gasteiger partial charge in [-0.3, -0.25) is 4.98 Å². The molecule has 0 aliphatic carbocycles. The normalized spacial score (nSPS) is 10.9. The van der Waals surface area contributed by atoms with Crippen LogP contribution in [0.25, 0.3) is 66.1 Å². The van der Waals surface area contributed by atoms with Crippen molar-refractivity contribution in [3.8, 4) is 52.8 Å². The SMILES string of the molecule is Cc1cc(-c2c(-n3c4cc(C#N)ccc4c4ccc(C#N)cc43)cc(C#N)cc2-n2c3cc(C#N)ccc3c3ccc(C#N)cc32)cc(C)n1. The lowest BCUT2D eigenvalue weighted by Crippen LogP contribution is -2.06. The second kappa shape index (κ2) is 11.2. The first-order chi connectivity index (χ1) is 24.3. The largest absolute Gasteiger partial charge is 0.308 e. The van der Waals surface area contributed by atoms with Crippen molar-refractivity contribution in [1.29, 1.82) is 26.3 Å². The molecule has 0 aliphatic heterocycles. The molecular formula is C42H22N8. The number of hydrogen-bond acceptors (Lipinski definition) is 6. The summed E-state index contributed by atoms with van der Waals surface area (Å²) >= 11 is 0. The van der Waals surface area contributed by atoms with Crippen molar-refractivity contribution in [3.05, 3.63) is 136 Å². The Bertz CT molecular complexity index is 2680. The molecule has 8 rings (SSSR count). The summed E-state index contributed by atoms with van der Waals surface area (Å²) in [6.07, 6.45) is 0. The molecule has 0 bridgehead atoms. The van der Waals surface area contributed by atoms with Crippen LogP contribution >= 0.6 is 0 Å². The predicted octanol–water partition coefficient (Wildman–Crippen LogP) is 8.92. The van der Waals surface area contributed by atoms with Gasteiger partial charge in [-0.2, -0.15) is 26.3 Å². The Balaban J connectivity index is 1.65. The van der Waals surface area contributed by atoms with Gasteiger partial charge in [0, 0.05) is 38.5 Å². The molecule has 50 heavy (non-hydrogen) atoms. The van der Waals surface area contributed by atoms with E-state index in [4.69, 9.17) is 0 Å². The van der Waals surface area contributed by atoms with Gasteiger partial charge in [0.15, 0.2) is 0 Å². The van der Waals surface area contributed by atoms with E-state index in [0.29, 0.717) is 39.2 Å². The lowest BCUT2D eigenvalue weighted by Gasteiger charge is -2.21. The van der Waals surface area contributed by atoms with E-state index >= 15 is 0 Å². The fourth-order valence-corrected chi connectivity index (χ4v) is 7.14. The third-order valence-corrected chi connectivity index (χ3v) is 9.13. The molecule has 0 saturated carbocycles. The zero-order valence-electron chi connectivity index (χ0n) is 26.8. The van der Waals surface area contributed by atoms with Crippen LogP contribution in [0.2, 0.25) is 0 Å². The summed E-state index contributed by atoms with van der Waals surface area (Å²) in [5, 5.41) is 53.9. The number of aryl methyl sites for hydroxylation is 2. The van der Waals surface area contributed by atoms with Gasteiger partial charge in [-0.15, -0.1) is 0 Å². The van der Waals surface area contributed by atoms with Crippen LogP contribution < -0.4 is 0 Å². The van der Waals surface area contributed by atoms with Gasteiger partial charge >= 0.3 is 0 Å². The van der Waals surface area contributed by atoms with E-state index in [2.05, 4.69) is 35.3 Å². The average molecular weight is 639 g/mol. The highest BCUT2D eigenvalue weighted by Crippen LogP contribution is 2.43. The molecule has 0 saturated heterocycles. The van der Waals surface area contributed by atoms with Crippen LogP contribution in [-0.2, 0) is 0 Å². The summed E-state index contributed by atoms with van der Waals surface area (Å²) in [5.41, 5.74) is 9.64. The molecule has 0 N–H and O–H groups in total. The molecule has 230 valence electrons. The Morgan fingerprint density at radius 3 is 1.04 bits per heavy atom. The average Bonchev–Trinajstić information content (AvgIpc) is 3.64. The van der Waals surface area contributed by atoms with Gasteiger partial charge in [-0.25, -0.2) is 0 Å². The summed E-state index contributed by atoms with van der Waals surface area (Å²) < 4.78 is 4.04. The van der Waals surface area contributed by atoms with Gasteiger partial charge in [0.2, 0.25) is 0 Å². The van der Waals surface area contributed by atoms with Crippen LogP contribution in [0, 0.1) is 70.5 Å². The molecule has 8 nitrogen and oxygen atoms in total. The van der Waals surface area contributed by atoms with E-state index in [1.165, 1.54) is 0 Å². The van der Waals surface area contributed by atoms with E-state index in [-0.39, 0.29) is 0 Å². The minimum Gasteiger partial charge on any atom is -0.308 e. The summed E-state index contributed by atoms with van der Waals surface area (Å²) in [6, 6.07) is 41.1. The Kier molecular flexibility index (Phi) is 6.66. The minimum absolute atomic E-state index is 0.368. The maximum atomic E-state index is 10.6. The van der Waals surface area contributed by atoms with Crippen molar-refractivity contribution in [2.75, 3.05) is 0 Å². The molecule has 0 spiro atoms. The van der Waals surface area contributed by atoms with Crippen LogP contribution in [0.5, 0.6) is 0 Å². The zero-order valence-corrected chi connectivity index (χ0v) is 26.8. The van der Waals surface area contributed by atoms with Gasteiger partial charge < -0.3 is 9.13 Å². The first-order valence-corrected chi connectivity index (χ1v) is 15.7. The van der Waals surface area contributed by atoms with Gasteiger partial charge in [0.1, 0.15) is 0 Å². The van der Waals surface area contributed by atoms with Crippen LogP contribution in [0.15, 0.2) is 97.1 Å². The van der Waals surface area contributed by atoms with Crippen molar-refractivity contribution in [2.45, 2.75) is 13.8 Å². The van der Waals surface area contributed by atoms with Crippen molar-refractivity contribution in [1.82, 2.24) is 14.1 Å². The maximum absolute atomic E-state index is 10.6. The highest BCUT2D eigenvalue weighted by molar-refractivity contribution is 6.12. The third-order valence-electron chi connectivity index (χ3n) is 9.13. The quantitative estimate of drug-likeness (QED) is 0.189. The molecule has 3 aromatic heterocycles. The molecule has 5 aromatic carbocycles. The van der Waals surface area contributed by atoms with E-state index < -0.39 is 0 Å². The Hall–Kier alpha value is -7.70. The molecule has 8 aromatic rings. The van der Waals surface area contributed by atoms with Gasteiger partial charge in [-0.1, -0.05) is 24.3 Å². The summed E-state index contributed by atoms with van der Waals surface area (Å²) in [4.78, 5) is 4.66. The molecule has 0 aliphatic rings. The van der Waals surface area contributed by atoms with Gasteiger partial charge in [0.25, 0.3) is 0 Å². The first kappa shape index (κ1) is 29.7. The fourth-order valence-electron chi connectivity index (χ4n) is 7.14. The second-order valence-electron chi connectivity index (χ2n) is 12.2. The zero-order chi connectivity index (χ0) is 34.7. The third kappa shape index (κ3) is 4.45. The monoisotopic (exact) mass is 638 g/mol. The Morgan fingerprint density at radius 1 is 0.420 bits per heavy atom. The number of rotatable bonds is 3. The van der Waals surface area contributed by atoms with Crippen LogP contribution in [0.1, 0.15) is 39.2 Å². The van der Waals surface area contributed by atoms with E-state index in [1.54, 1.807) is 24.3 Å². The summed E-state index contributed by atoms with van der Waals surface area (Å²) in [7, 11) is 0. The number of nitrogens with zero attached hydrogens (tertiary/aromatic N) is 8. The minimum atomic E-state index is 0.368. The lowest BCUT2D eigenvalue weighted by atomic mass is 9.97. The lowest BCUT2D eigenvalue weighted by molar-refractivity contribution is 1.11. The number of aromatic nitrogens is 3. The molecule has 3 heterocycles. The molecule has 8 heteroatoms. The van der Waals surface area contributed by atoms with Crippen molar-refractivity contribution >= 4 is 43.6 Å². The number of pyridine rings is 1. The summed E-state index contributed by atoms with van der Waals surface area (Å²) in [6.45, 7) is 3.86. The first-order valence-electron chi connectivity index (χ1n) is 15.7. The second-order valence-corrected chi connectivity index (χ2v) is 12.2. The Morgan fingerprint density at radius 2 is 0.740 bits per heavy atom. The predicted molar refractivity (Wildman–Crippen MR) is 191 cm³/mol. The molecule has 0 unspecified atom stereocenters. The van der Waals surface area contributed by atoms with Crippen LogP contribution in [-0.4, -0.2) is 14.1 Å². The molecule has 0 radical (unpaired) electrons.